The minimum absolute atomic E-state index is 0.0247. The first-order valence-electron chi connectivity index (χ1n) is 10.9. The molecule has 1 aromatic carbocycles. The summed E-state index contributed by atoms with van der Waals surface area (Å²) < 4.78 is 0. The zero-order chi connectivity index (χ0) is 21.8. The van der Waals surface area contributed by atoms with E-state index in [4.69, 9.17) is 0 Å². The van der Waals surface area contributed by atoms with Crippen molar-refractivity contribution >= 4 is 23.2 Å². The number of carbonyl (C=O) groups is 2. The van der Waals surface area contributed by atoms with Crippen LogP contribution in [0.5, 0.6) is 0 Å². The molecule has 1 unspecified atom stereocenters. The maximum Gasteiger partial charge on any atom is 0.273 e. The van der Waals surface area contributed by atoms with E-state index in [1.165, 1.54) is 12.5 Å². The first-order chi connectivity index (χ1) is 14.3. The third kappa shape index (κ3) is 4.74. The zero-order valence-corrected chi connectivity index (χ0v) is 18.1. The van der Waals surface area contributed by atoms with E-state index in [1.807, 2.05) is 18.7 Å². The van der Waals surface area contributed by atoms with Crippen molar-refractivity contribution in [3.8, 4) is 0 Å². The molecule has 2 amide bonds. The Labute approximate surface area is 177 Å². The molecule has 0 spiro atoms. The van der Waals surface area contributed by atoms with E-state index < -0.39 is 4.92 Å². The van der Waals surface area contributed by atoms with E-state index in [0.29, 0.717) is 24.3 Å². The molecule has 2 aliphatic rings. The molecule has 1 N–H and O–H groups in total. The van der Waals surface area contributed by atoms with E-state index in [9.17, 15) is 19.7 Å². The molecule has 1 aliphatic heterocycles. The molecule has 3 rings (SSSR count). The molecule has 1 aliphatic carbocycles. The van der Waals surface area contributed by atoms with Crippen molar-refractivity contribution in [1.29, 1.82) is 0 Å². The molecule has 8 heteroatoms. The molecule has 1 saturated heterocycles. The van der Waals surface area contributed by atoms with Crippen molar-refractivity contribution in [1.82, 2.24) is 10.2 Å². The molecule has 2 fully saturated rings. The molecule has 164 valence electrons. The van der Waals surface area contributed by atoms with Crippen molar-refractivity contribution in [2.45, 2.75) is 64.3 Å². The molecular formula is C22H32N4O4. The number of hydrogen-bond acceptors (Lipinski definition) is 5. The Morgan fingerprint density at radius 2 is 1.97 bits per heavy atom. The summed E-state index contributed by atoms with van der Waals surface area (Å²) >= 11 is 0. The van der Waals surface area contributed by atoms with Crippen molar-refractivity contribution in [3.05, 3.63) is 33.4 Å². The minimum atomic E-state index is -0.405. The molecule has 8 nitrogen and oxygen atoms in total. The predicted molar refractivity (Wildman–Crippen MR) is 116 cm³/mol. The summed E-state index contributed by atoms with van der Waals surface area (Å²) in [6, 6.07) is 3.28. The van der Waals surface area contributed by atoms with Gasteiger partial charge < -0.3 is 15.1 Å². The number of amides is 2. The number of nitro groups is 1. The third-order valence-electron chi connectivity index (χ3n) is 6.47. The van der Waals surface area contributed by atoms with Gasteiger partial charge in [-0.3, -0.25) is 19.7 Å². The van der Waals surface area contributed by atoms with Crippen LogP contribution in [0.15, 0.2) is 12.1 Å². The lowest BCUT2D eigenvalue weighted by molar-refractivity contribution is -0.385. The van der Waals surface area contributed by atoms with Crippen LogP contribution >= 0.6 is 0 Å². The van der Waals surface area contributed by atoms with E-state index in [1.54, 1.807) is 18.0 Å². The van der Waals surface area contributed by atoms with Gasteiger partial charge in [0.25, 0.3) is 11.6 Å². The number of piperazine rings is 1. The number of nitrogens with one attached hydrogen (secondary N) is 1. The average molecular weight is 417 g/mol. The van der Waals surface area contributed by atoms with Crippen LogP contribution in [0.2, 0.25) is 0 Å². The highest BCUT2D eigenvalue weighted by Crippen LogP contribution is 2.36. The highest BCUT2D eigenvalue weighted by molar-refractivity contribution is 6.01. The summed E-state index contributed by atoms with van der Waals surface area (Å²) in [5.41, 5.74) is 1.49. The Hall–Kier alpha value is -2.64. The Bertz CT molecular complexity index is 820. The van der Waals surface area contributed by atoms with Crippen LogP contribution in [0.3, 0.4) is 0 Å². The van der Waals surface area contributed by atoms with Gasteiger partial charge in [-0.15, -0.1) is 0 Å². The van der Waals surface area contributed by atoms with Crippen molar-refractivity contribution < 1.29 is 14.5 Å². The summed E-state index contributed by atoms with van der Waals surface area (Å²) in [5.74, 6) is -0.340. The highest BCUT2D eigenvalue weighted by Gasteiger charge is 2.30. The lowest BCUT2D eigenvalue weighted by Gasteiger charge is -2.35. The Morgan fingerprint density at radius 3 is 2.57 bits per heavy atom. The van der Waals surface area contributed by atoms with Crippen molar-refractivity contribution in [2.24, 2.45) is 0 Å². The Balaban J connectivity index is 2.02. The van der Waals surface area contributed by atoms with Crippen LogP contribution in [-0.4, -0.2) is 54.4 Å². The van der Waals surface area contributed by atoms with Gasteiger partial charge in [0.05, 0.1) is 22.7 Å². The van der Waals surface area contributed by atoms with Gasteiger partial charge in [-0.1, -0.05) is 33.1 Å². The number of nitro benzene ring substituents is 1. The predicted octanol–water partition coefficient (Wildman–Crippen LogP) is 3.45. The molecule has 0 radical (unpaired) electrons. The molecule has 1 heterocycles. The first-order valence-corrected chi connectivity index (χ1v) is 10.9. The molecule has 1 saturated carbocycles. The molecule has 1 aromatic rings. The van der Waals surface area contributed by atoms with Gasteiger partial charge >= 0.3 is 0 Å². The fourth-order valence-corrected chi connectivity index (χ4v) is 4.28. The quantitative estimate of drug-likeness (QED) is 0.566. The van der Waals surface area contributed by atoms with Crippen molar-refractivity contribution in [2.75, 3.05) is 31.6 Å². The van der Waals surface area contributed by atoms with Gasteiger partial charge in [-0.25, -0.2) is 0 Å². The van der Waals surface area contributed by atoms with Crippen LogP contribution in [-0.2, 0) is 4.79 Å². The molecule has 30 heavy (non-hydrogen) atoms. The fraction of sp³-hybridized carbons (Fsp3) is 0.636. The van der Waals surface area contributed by atoms with Gasteiger partial charge in [-0.05, 0) is 31.2 Å². The van der Waals surface area contributed by atoms with Gasteiger partial charge in [0, 0.05) is 37.8 Å². The SMILES string of the molecule is CCC(C)c1cc(N2CCN(C)C(=O)C2)c(C(=O)NC2CCCCC2)cc1[N+](=O)[O-]. The number of hydrogen-bond donors (Lipinski definition) is 1. The minimum Gasteiger partial charge on any atom is -0.360 e. The van der Waals surface area contributed by atoms with E-state index >= 15 is 0 Å². The maximum absolute atomic E-state index is 13.2. The van der Waals surface area contributed by atoms with Gasteiger partial charge in [-0.2, -0.15) is 0 Å². The van der Waals surface area contributed by atoms with E-state index in [2.05, 4.69) is 5.32 Å². The standard InChI is InChI=1S/C22H32N4O4/c1-4-15(2)17-12-19(25-11-10-24(3)21(27)14-25)18(13-20(17)26(29)30)22(28)23-16-8-6-5-7-9-16/h12-13,15-16H,4-11,14H2,1-3H3,(H,23,28). The van der Waals surface area contributed by atoms with Crippen molar-refractivity contribution in [3.63, 3.8) is 0 Å². The largest absolute Gasteiger partial charge is 0.360 e. The van der Waals surface area contributed by atoms with Crippen LogP contribution in [0.4, 0.5) is 11.4 Å². The Morgan fingerprint density at radius 1 is 1.27 bits per heavy atom. The van der Waals surface area contributed by atoms with Gasteiger partial charge in [0.2, 0.25) is 5.91 Å². The lowest BCUT2D eigenvalue weighted by Crippen LogP contribution is -2.49. The van der Waals surface area contributed by atoms with Crippen LogP contribution in [0, 0.1) is 10.1 Å². The van der Waals surface area contributed by atoms with E-state index in [0.717, 1.165) is 32.1 Å². The smallest absolute Gasteiger partial charge is 0.273 e. The second-order valence-corrected chi connectivity index (χ2v) is 8.54. The summed E-state index contributed by atoms with van der Waals surface area (Å²) in [6.45, 7) is 5.24. The lowest BCUT2D eigenvalue weighted by atomic mass is 9.92. The fourth-order valence-electron chi connectivity index (χ4n) is 4.28. The number of nitrogens with zero attached hydrogens (tertiary/aromatic N) is 3. The zero-order valence-electron chi connectivity index (χ0n) is 18.1. The Kier molecular flexibility index (Phi) is 6.95. The molecule has 1 atom stereocenters. The number of benzene rings is 1. The summed E-state index contributed by atoms with van der Waals surface area (Å²) in [4.78, 5) is 40.4. The number of anilines is 1. The number of carbonyl (C=O) groups excluding carboxylic acids is 2. The van der Waals surface area contributed by atoms with Gasteiger partial charge in [0.1, 0.15) is 0 Å². The topological polar surface area (TPSA) is 95.8 Å². The number of rotatable bonds is 6. The second kappa shape index (κ2) is 9.45. The normalized spacial score (nSPS) is 19.0. The van der Waals surface area contributed by atoms with Crippen LogP contribution < -0.4 is 10.2 Å². The third-order valence-corrected chi connectivity index (χ3v) is 6.47. The summed E-state index contributed by atoms with van der Waals surface area (Å²) in [6.07, 6.45) is 5.95. The number of likely N-dealkylation sites (N-methyl/N-ethyl adjacent to an activating group) is 1. The highest BCUT2D eigenvalue weighted by atomic mass is 16.6. The first kappa shape index (κ1) is 22.1. The average Bonchev–Trinajstić information content (AvgIpc) is 2.74. The molecular weight excluding hydrogens is 384 g/mol. The molecule has 0 bridgehead atoms. The second-order valence-electron chi connectivity index (χ2n) is 8.54. The van der Waals surface area contributed by atoms with E-state index in [-0.39, 0.29) is 41.6 Å². The van der Waals surface area contributed by atoms with Gasteiger partial charge in [0.15, 0.2) is 0 Å². The summed E-state index contributed by atoms with van der Waals surface area (Å²) in [7, 11) is 1.76. The summed E-state index contributed by atoms with van der Waals surface area (Å²) in [5, 5.41) is 14.9. The maximum atomic E-state index is 13.2. The van der Waals surface area contributed by atoms with Crippen LogP contribution in [0.1, 0.15) is 74.2 Å². The van der Waals surface area contributed by atoms with Crippen LogP contribution in [0.25, 0.3) is 0 Å². The molecule has 0 aromatic heterocycles. The monoisotopic (exact) mass is 416 g/mol.